The molecule has 3 heteroatoms. The van der Waals surface area contributed by atoms with Crippen molar-refractivity contribution in [3.8, 4) is 0 Å². The zero-order valence-corrected chi connectivity index (χ0v) is 9.19. The number of carboxylic acids is 1. The first-order valence-electron chi connectivity index (χ1n) is 5.47. The monoisotopic (exact) mass is 218 g/mol. The van der Waals surface area contributed by atoms with Crippen LogP contribution in [0.2, 0.25) is 0 Å². The van der Waals surface area contributed by atoms with Gasteiger partial charge < -0.3 is 9.52 Å². The van der Waals surface area contributed by atoms with Crippen molar-refractivity contribution in [1.29, 1.82) is 0 Å². The summed E-state index contributed by atoms with van der Waals surface area (Å²) in [6.07, 6.45) is 3.02. The lowest BCUT2D eigenvalue weighted by atomic mass is 10.1. The van der Waals surface area contributed by atoms with Gasteiger partial charge in [0, 0.05) is 11.8 Å². The molecule has 1 aromatic heterocycles. The highest BCUT2D eigenvalue weighted by Gasteiger charge is 2.11. The highest BCUT2D eigenvalue weighted by molar-refractivity contribution is 6.02. The molecule has 84 valence electrons. The van der Waals surface area contributed by atoms with E-state index in [2.05, 4.69) is 6.92 Å². The van der Waals surface area contributed by atoms with Crippen LogP contribution in [0.25, 0.3) is 11.0 Å². The van der Waals surface area contributed by atoms with Gasteiger partial charge in [-0.15, -0.1) is 0 Å². The van der Waals surface area contributed by atoms with Crippen LogP contribution >= 0.6 is 0 Å². The van der Waals surface area contributed by atoms with E-state index in [0.717, 1.165) is 25.0 Å². The van der Waals surface area contributed by atoms with Gasteiger partial charge >= 0.3 is 5.97 Å². The molecule has 0 unspecified atom stereocenters. The molecule has 0 radical (unpaired) electrons. The number of hydrogen-bond acceptors (Lipinski definition) is 2. The summed E-state index contributed by atoms with van der Waals surface area (Å²) >= 11 is 0. The van der Waals surface area contributed by atoms with Crippen molar-refractivity contribution in [2.75, 3.05) is 0 Å². The third-order valence-corrected chi connectivity index (χ3v) is 2.62. The van der Waals surface area contributed by atoms with E-state index in [4.69, 9.17) is 9.52 Å². The van der Waals surface area contributed by atoms with Crippen molar-refractivity contribution < 1.29 is 14.3 Å². The number of carbonyl (C=O) groups is 1. The van der Waals surface area contributed by atoms with Crippen LogP contribution in [0.3, 0.4) is 0 Å². The second-order valence-electron chi connectivity index (χ2n) is 3.84. The molecule has 1 heterocycles. The van der Waals surface area contributed by atoms with Crippen molar-refractivity contribution in [2.24, 2.45) is 0 Å². The molecule has 0 saturated carbocycles. The van der Waals surface area contributed by atoms with Crippen LogP contribution in [0.5, 0.6) is 0 Å². The molecule has 0 saturated heterocycles. The summed E-state index contributed by atoms with van der Waals surface area (Å²) in [5, 5.41) is 9.72. The summed E-state index contributed by atoms with van der Waals surface area (Å²) in [6, 6.07) is 6.95. The largest absolute Gasteiger partial charge is 0.478 e. The van der Waals surface area contributed by atoms with Crippen molar-refractivity contribution in [1.82, 2.24) is 0 Å². The van der Waals surface area contributed by atoms with Crippen molar-refractivity contribution in [3.05, 3.63) is 35.6 Å². The molecule has 0 aliphatic carbocycles. The van der Waals surface area contributed by atoms with Gasteiger partial charge in [-0.2, -0.15) is 0 Å². The van der Waals surface area contributed by atoms with E-state index < -0.39 is 5.97 Å². The van der Waals surface area contributed by atoms with Gasteiger partial charge in [0.25, 0.3) is 0 Å². The number of fused-ring (bicyclic) bond motifs is 1. The van der Waals surface area contributed by atoms with Crippen LogP contribution in [0.15, 0.2) is 28.7 Å². The third kappa shape index (κ3) is 1.94. The van der Waals surface area contributed by atoms with E-state index >= 15 is 0 Å². The number of furan rings is 1. The van der Waals surface area contributed by atoms with Gasteiger partial charge in [0.15, 0.2) is 0 Å². The average molecular weight is 218 g/mol. The van der Waals surface area contributed by atoms with Gasteiger partial charge in [0.1, 0.15) is 11.3 Å². The number of rotatable bonds is 4. The second kappa shape index (κ2) is 4.39. The number of carboxylic acid groups (broad SMARTS) is 1. The Bertz CT molecular complexity index is 511. The lowest BCUT2D eigenvalue weighted by molar-refractivity contribution is 0.0699. The normalized spacial score (nSPS) is 10.8. The van der Waals surface area contributed by atoms with E-state index in [0.29, 0.717) is 16.5 Å². The highest BCUT2D eigenvalue weighted by Crippen LogP contribution is 2.24. The molecular formula is C13H14O3. The van der Waals surface area contributed by atoms with Gasteiger partial charge in [0.05, 0.1) is 5.56 Å². The quantitative estimate of drug-likeness (QED) is 0.854. The molecule has 2 rings (SSSR count). The molecule has 2 aromatic rings. The van der Waals surface area contributed by atoms with E-state index in [9.17, 15) is 4.79 Å². The van der Waals surface area contributed by atoms with Gasteiger partial charge in [-0.05, 0) is 24.6 Å². The molecule has 0 atom stereocenters. The Morgan fingerprint density at radius 3 is 2.94 bits per heavy atom. The van der Waals surface area contributed by atoms with E-state index in [-0.39, 0.29) is 0 Å². The summed E-state index contributed by atoms with van der Waals surface area (Å²) in [5.41, 5.74) is 0.968. The lowest BCUT2D eigenvalue weighted by Crippen LogP contribution is -1.95. The Kier molecular flexibility index (Phi) is 2.95. The fourth-order valence-electron chi connectivity index (χ4n) is 1.77. The Hall–Kier alpha value is -1.77. The van der Waals surface area contributed by atoms with Crippen molar-refractivity contribution in [2.45, 2.75) is 26.2 Å². The molecule has 0 fully saturated rings. The Balaban J connectivity index is 2.44. The van der Waals surface area contributed by atoms with Gasteiger partial charge in [-0.1, -0.05) is 19.4 Å². The predicted molar refractivity (Wildman–Crippen MR) is 61.8 cm³/mol. The standard InChI is InChI=1S/C13H14O3/c1-2-3-5-9-8-11-10(13(14)15)6-4-7-12(11)16-9/h4,6-8H,2-3,5H2,1H3,(H,14,15). The van der Waals surface area contributed by atoms with Crippen LogP contribution in [0.1, 0.15) is 35.9 Å². The molecule has 1 N–H and O–H groups in total. The first-order chi connectivity index (χ1) is 7.72. The maximum Gasteiger partial charge on any atom is 0.336 e. The SMILES string of the molecule is CCCCc1cc2c(C(=O)O)cccc2o1. The van der Waals surface area contributed by atoms with Crippen molar-refractivity contribution >= 4 is 16.9 Å². The van der Waals surface area contributed by atoms with E-state index in [1.54, 1.807) is 18.2 Å². The van der Waals surface area contributed by atoms with E-state index in [1.807, 2.05) is 6.07 Å². The molecule has 0 bridgehead atoms. The predicted octanol–water partition coefficient (Wildman–Crippen LogP) is 3.47. The zero-order chi connectivity index (χ0) is 11.5. The van der Waals surface area contributed by atoms with Crippen molar-refractivity contribution in [3.63, 3.8) is 0 Å². The maximum atomic E-state index is 11.0. The number of aryl methyl sites for hydroxylation is 1. The van der Waals surface area contributed by atoms with Crippen LogP contribution in [-0.4, -0.2) is 11.1 Å². The fraction of sp³-hybridized carbons (Fsp3) is 0.308. The molecule has 0 spiro atoms. The number of aromatic carboxylic acids is 1. The molecule has 1 aromatic carbocycles. The summed E-state index contributed by atoms with van der Waals surface area (Å²) < 4.78 is 5.60. The molecule has 0 aliphatic rings. The summed E-state index contributed by atoms with van der Waals surface area (Å²) in [4.78, 5) is 11.0. The summed E-state index contributed by atoms with van der Waals surface area (Å²) in [6.45, 7) is 2.12. The number of hydrogen-bond donors (Lipinski definition) is 1. The number of benzene rings is 1. The molecule has 3 nitrogen and oxygen atoms in total. The fourth-order valence-corrected chi connectivity index (χ4v) is 1.77. The Labute approximate surface area is 93.7 Å². The van der Waals surface area contributed by atoms with Gasteiger partial charge in [-0.3, -0.25) is 0 Å². The topological polar surface area (TPSA) is 50.4 Å². The first kappa shape index (κ1) is 10.7. The average Bonchev–Trinajstić information content (AvgIpc) is 2.68. The minimum atomic E-state index is -0.909. The smallest absolute Gasteiger partial charge is 0.336 e. The van der Waals surface area contributed by atoms with Gasteiger partial charge in [0.2, 0.25) is 0 Å². The van der Waals surface area contributed by atoms with Crippen LogP contribution in [-0.2, 0) is 6.42 Å². The van der Waals surface area contributed by atoms with Gasteiger partial charge in [-0.25, -0.2) is 4.79 Å². The third-order valence-electron chi connectivity index (χ3n) is 2.62. The molecule has 0 amide bonds. The number of unbranched alkanes of at least 4 members (excludes halogenated alkanes) is 1. The van der Waals surface area contributed by atoms with Crippen LogP contribution in [0.4, 0.5) is 0 Å². The van der Waals surface area contributed by atoms with Crippen LogP contribution in [0, 0.1) is 0 Å². The first-order valence-corrected chi connectivity index (χ1v) is 5.47. The lowest BCUT2D eigenvalue weighted by Gasteiger charge is -1.93. The highest BCUT2D eigenvalue weighted by atomic mass is 16.4. The Morgan fingerprint density at radius 2 is 2.25 bits per heavy atom. The molecule has 0 aliphatic heterocycles. The minimum Gasteiger partial charge on any atom is -0.478 e. The molecular weight excluding hydrogens is 204 g/mol. The Morgan fingerprint density at radius 1 is 1.44 bits per heavy atom. The zero-order valence-electron chi connectivity index (χ0n) is 9.19. The summed E-state index contributed by atoms with van der Waals surface area (Å²) in [5.74, 6) is -0.0426. The summed E-state index contributed by atoms with van der Waals surface area (Å²) in [7, 11) is 0. The van der Waals surface area contributed by atoms with E-state index in [1.165, 1.54) is 0 Å². The van der Waals surface area contributed by atoms with Crippen LogP contribution < -0.4 is 0 Å². The minimum absolute atomic E-state index is 0.309. The molecule has 16 heavy (non-hydrogen) atoms. The second-order valence-corrected chi connectivity index (χ2v) is 3.84. The maximum absolute atomic E-state index is 11.0.